The normalized spacial score (nSPS) is 24.0. The molecule has 6 heteroatoms. The van der Waals surface area contributed by atoms with Crippen LogP contribution in [0.4, 0.5) is 0 Å². The van der Waals surface area contributed by atoms with Crippen LogP contribution in [-0.2, 0) is 9.53 Å². The van der Waals surface area contributed by atoms with Crippen molar-refractivity contribution in [3.05, 3.63) is 29.8 Å². The number of nitrogens with zero attached hydrogens (tertiary/aromatic N) is 1. The average molecular weight is 371 g/mol. The van der Waals surface area contributed by atoms with E-state index in [0.717, 1.165) is 5.75 Å². The highest BCUT2D eigenvalue weighted by atomic mass is 35.5. The van der Waals surface area contributed by atoms with Gasteiger partial charge in [0.2, 0.25) is 5.91 Å². The Kier molecular flexibility index (Phi) is 7.29. The van der Waals surface area contributed by atoms with Crippen LogP contribution >= 0.6 is 12.4 Å². The summed E-state index contributed by atoms with van der Waals surface area (Å²) in [4.78, 5) is 14.5. The predicted molar refractivity (Wildman–Crippen MR) is 102 cm³/mol. The Labute approximate surface area is 157 Å². The second kappa shape index (κ2) is 8.39. The molecular formula is C19H31ClN2O3. The van der Waals surface area contributed by atoms with Crippen molar-refractivity contribution < 1.29 is 14.3 Å². The van der Waals surface area contributed by atoms with Crippen LogP contribution in [0.5, 0.6) is 5.75 Å². The van der Waals surface area contributed by atoms with Gasteiger partial charge in [-0.15, -0.1) is 12.4 Å². The molecule has 25 heavy (non-hydrogen) atoms. The number of hydrogen-bond donors (Lipinski definition) is 1. The first-order valence-corrected chi connectivity index (χ1v) is 8.58. The largest absolute Gasteiger partial charge is 0.492 e. The maximum atomic E-state index is 12.8. The zero-order valence-corrected chi connectivity index (χ0v) is 16.7. The summed E-state index contributed by atoms with van der Waals surface area (Å²) >= 11 is 0. The van der Waals surface area contributed by atoms with Crippen molar-refractivity contribution in [2.45, 2.75) is 45.8 Å². The fraction of sp³-hybridized carbons (Fsp3) is 0.632. The van der Waals surface area contributed by atoms with E-state index in [0.29, 0.717) is 26.2 Å². The Morgan fingerprint density at radius 1 is 1.32 bits per heavy atom. The molecule has 0 bridgehead atoms. The van der Waals surface area contributed by atoms with Crippen molar-refractivity contribution in [1.29, 1.82) is 0 Å². The number of likely N-dealkylation sites (N-methyl/N-ethyl adjacent to an activating group) is 1. The van der Waals surface area contributed by atoms with Crippen LogP contribution in [0.25, 0.3) is 0 Å². The molecule has 0 radical (unpaired) electrons. The van der Waals surface area contributed by atoms with Gasteiger partial charge in [-0.3, -0.25) is 4.79 Å². The number of ether oxygens (including phenoxy) is 2. The highest BCUT2D eigenvalue weighted by molar-refractivity contribution is 5.88. The topological polar surface area (TPSA) is 64.8 Å². The van der Waals surface area contributed by atoms with Crippen LogP contribution in [-0.4, -0.2) is 49.3 Å². The number of hydrogen-bond acceptors (Lipinski definition) is 4. The molecule has 0 spiro atoms. The lowest BCUT2D eigenvalue weighted by Gasteiger charge is -2.58. The van der Waals surface area contributed by atoms with Gasteiger partial charge in [-0.1, -0.05) is 31.5 Å². The number of benzene rings is 1. The van der Waals surface area contributed by atoms with Gasteiger partial charge < -0.3 is 20.1 Å². The lowest BCUT2D eigenvalue weighted by molar-refractivity contribution is -0.178. The third kappa shape index (κ3) is 4.27. The highest BCUT2D eigenvalue weighted by Crippen LogP contribution is 2.50. The minimum atomic E-state index is -0.870. The van der Waals surface area contributed by atoms with Crippen molar-refractivity contribution in [3.8, 4) is 5.75 Å². The molecule has 1 aromatic rings. The van der Waals surface area contributed by atoms with Gasteiger partial charge in [0.05, 0.1) is 12.6 Å². The van der Waals surface area contributed by atoms with E-state index < -0.39 is 5.54 Å². The highest BCUT2D eigenvalue weighted by Gasteiger charge is 2.63. The molecule has 0 aliphatic heterocycles. The molecular weight excluding hydrogens is 340 g/mol. The summed E-state index contributed by atoms with van der Waals surface area (Å²) in [6, 6.07) is 7.88. The fourth-order valence-electron chi connectivity index (χ4n) is 3.18. The first-order chi connectivity index (χ1) is 11.2. The molecule has 142 valence electrons. The Balaban J connectivity index is 0.00000312. The number of carbonyl (C=O) groups excluding carboxylic acids is 1. The molecule has 1 amide bonds. The average Bonchev–Trinajstić information content (AvgIpc) is 2.55. The maximum absolute atomic E-state index is 12.8. The molecule has 1 aliphatic rings. The van der Waals surface area contributed by atoms with Crippen LogP contribution in [0.2, 0.25) is 0 Å². The van der Waals surface area contributed by atoms with Gasteiger partial charge >= 0.3 is 0 Å². The molecule has 0 saturated heterocycles. The van der Waals surface area contributed by atoms with E-state index in [2.05, 4.69) is 0 Å². The Morgan fingerprint density at radius 2 is 1.92 bits per heavy atom. The fourth-order valence-corrected chi connectivity index (χ4v) is 3.18. The van der Waals surface area contributed by atoms with Crippen molar-refractivity contribution in [2.24, 2.45) is 11.1 Å². The van der Waals surface area contributed by atoms with E-state index in [4.69, 9.17) is 15.2 Å². The first kappa shape index (κ1) is 21.7. The second-order valence-electron chi connectivity index (χ2n) is 7.23. The minimum absolute atomic E-state index is 0. The van der Waals surface area contributed by atoms with Crippen LogP contribution in [0, 0.1) is 12.3 Å². The van der Waals surface area contributed by atoms with Crippen molar-refractivity contribution in [2.75, 3.05) is 26.8 Å². The van der Waals surface area contributed by atoms with Gasteiger partial charge in [-0.2, -0.15) is 0 Å². The number of halogens is 1. The van der Waals surface area contributed by atoms with Crippen LogP contribution in [0.3, 0.4) is 0 Å². The number of nitrogens with two attached hydrogens (primary N) is 1. The number of carbonyl (C=O) groups is 1. The zero-order valence-electron chi connectivity index (χ0n) is 15.9. The number of amides is 1. The Bertz CT molecular complexity index is 577. The Hall–Kier alpha value is -1.30. The second-order valence-corrected chi connectivity index (χ2v) is 7.23. The summed E-state index contributed by atoms with van der Waals surface area (Å²) in [6.07, 6.45) is 0.601. The molecule has 2 unspecified atom stereocenters. The molecule has 1 aliphatic carbocycles. The van der Waals surface area contributed by atoms with Crippen LogP contribution in [0.15, 0.2) is 24.3 Å². The third-order valence-electron chi connectivity index (χ3n) is 5.27. The third-order valence-corrected chi connectivity index (χ3v) is 5.27. The van der Waals surface area contributed by atoms with E-state index in [-0.39, 0.29) is 29.8 Å². The molecule has 2 N–H and O–H groups in total. The summed E-state index contributed by atoms with van der Waals surface area (Å²) in [5.74, 6) is 0.764. The first-order valence-electron chi connectivity index (χ1n) is 8.58. The summed E-state index contributed by atoms with van der Waals surface area (Å²) < 4.78 is 11.4. The van der Waals surface area contributed by atoms with Crippen molar-refractivity contribution >= 4 is 18.3 Å². The van der Waals surface area contributed by atoms with E-state index in [9.17, 15) is 4.79 Å². The minimum Gasteiger partial charge on any atom is -0.492 e. The quantitative estimate of drug-likeness (QED) is 0.801. The van der Waals surface area contributed by atoms with E-state index in [1.54, 1.807) is 11.9 Å². The molecule has 0 aromatic heterocycles. The summed E-state index contributed by atoms with van der Waals surface area (Å²) in [5.41, 5.74) is 6.39. The molecule has 1 aromatic carbocycles. The predicted octanol–water partition coefficient (Wildman–Crippen LogP) is 2.79. The lowest BCUT2D eigenvalue weighted by atomic mass is 9.54. The Morgan fingerprint density at radius 3 is 2.44 bits per heavy atom. The van der Waals surface area contributed by atoms with Crippen LogP contribution < -0.4 is 10.5 Å². The van der Waals surface area contributed by atoms with Gasteiger partial charge in [0.1, 0.15) is 17.9 Å². The zero-order chi connectivity index (χ0) is 18.0. The smallest absolute Gasteiger partial charge is 0.243 e. The van der Waals surface area contributed by atoms with Gasteiger partial charge in [0, 0.05) is 25.5 Å². The molecule has 1 fully saturated rings. The van der Waals surface area contributed by atoms with Crippen molar-refractivity contribution in [3.63, 3.8) is 0 Å². The van der Waals surface area contributed by atoms with E-state index in [1.165, 1.54) is 5.56 Å². The lowest BCUT2D eigenvalue weighted by Crippen LogP contribution is -2.75. The van der Waals surface area contributed by atoms with E-state index in [1.807, 2.05) is 52.0 Å². The van der Waals surface area contributed by atoms with Gasteiger partial charge in [-0.05, 0) is 26.0 Å². The molecule has 0 heterocycles. The molecule has 5 nitrogen and oxygen atoms in total. The van der Waals surface area contributed by atoms with Crippen molar-refractivity contribution in [1.82, 2.24) is 4.90 Å². The monoisotopic (exact) mass is 370 g/mol. The van der Waals surface area contributed by atoms with Gasteiger partial charge in [-0.25, -0.2) is 0 Å². The summed E-state index contributed by atoms with van der Waals surface area (Å²) in [7, 11) is 1.78. The maximum Gasteiger partial charge on any atom is 0.243 e. The SMILES string of the molecule is CCOC1CC(N)(C(=O)N(C)CCOc2ccc(C)cc2)C1(C)C.Cl. The molecule has 2 atom stereocenters. The summed E-state index contributed by atoms with van der Waals surface area (Å²) in [5, 5.41) is 0. The standard InChI is InChI=1S/C19H30N2O3.ClH/c1-6-23-16-13-19(20,18(16,3)4)17(22)21(5)11-12-24-15-9-7-14(2)8-10-15;/h7-10,16H,6,11-13,20H2,1-5H3;1H. The summed E-state index contributed by atoms with van der Waals surface area (Å²) in [6.45, 7) is 9.59. The van der Waals surface area contributed by atoms with Gasteiger partial charge in [0.15, 0.2) is 0 Å². The number of aryl methyl sites for hydroxylation is 1. The number of rotatable bonds is 7. The molecule has 1 saturated carbocycles. The van der Waals surface area contributed by atoms with E-state index >= 15 is 0 Å². The molecule has 2 rings (SSSR count). The van der Waals surface area contributed by atoms with Gasteiger partial charge in [0.25, 0.3) is 0 Å². The van der Waals surface area contributed by atoms with Crippen LogP contribution in [0.1, 0.15) is 32.8 Å².